The highest BCUT2D eigenvalue weighted by atomic mass is 79.9. The van der Waals surface area contributed by atoms with Crippen LogP contribution in [0.5, 0.6) is 0 Å². The van der Waals surface area contributed by atoms with Gasteiger partial charge in [-0.2, -0.15) is 0 Å². The first kappa shape index (κ1) is 14.6. The quantitative estimate of drug-likeness (QED) is 0.284. The average Bonchev–Trinajstić information content (AvgIpc) is 2.66. The second kappa shape index (κ2) is 5.68. The van der Waals surface area contributed by atoms with Crippen molar-refractivity contribution < 1.29 is 0 Å². The molecule has 25 heavy (non-hydrogen) atoms. The summed E-state index contributed by atoms with van der Waals surface area (Å²) >= 11 is 3.77. The molecule has 2 heteroatoms. The summed E-state index contributed by atoms with van der Waals surface area (Å²) in [5.74, 6) is 0. The van der Waals surface area contributed by atoms with Crippen molar-refractivity contribution >= 4 is 48.5 Å². The Balaban J connectivity index is 1.93. The molecule has 4 aromatic carbocycles. The Bertz CT molecular complexity index is 1260. The molecule has 0 saturated heterocycles. The summed E-state index contributed by atoms with van der Waals surface area (Å²) < 4.78 is 1.10. The van der Waals surface area contributed by atoms with E-state index in [-0.39, 0.29) is 0 Å². The van der Waals surface area contributed by atoms with Crippen molar-refractivity contribution in [3.05, 3.63) is 89.4 Å². The lowest BCUT2D eigenvalue weighted by molar-refractivity contribution is 1.49. The van der Waals surface area contributed by atoms with E-state index in [4.69, 9.17) is 4.98 Å². The molecule has 0 aliphatic heterocycles. The van der Waals surface area contributed by atoms with Gasteiger partial charge in [-0.25, -0.2) is 4.98 Å². The van der Waals surface area contributed by atoms with E-state index in [0.717, 1.165) is 15.5 Å². The van der Waals surface area contributed by atoms with E-state index >= 15 is 0 Å². The Labute approximate surface area is 154 Å². The molecule has 0 saturated carbocycles. The largest absolute Gasteiger partial charge is 0.248 e. The number of nitrogens with zero attached hydrogens (tertiary/aromatic N) is 1. The van der Waals surface area contributed by atoms with E-state index < -0.39 is 0 Å². The van der Waals surface area contributed by atoms with Crippen LogP contribution < -0.4 is 0 Å². The van der Waals surface area contributed by atoms with Crippen LogP contribution in [0.25, 0.3) is 43.7 Å². The molecule has 5 rings (SSSR count). The maximum absolute atomic E-state index is 4.86. The topological polar surface area (TPSA) is 12.9 Å². The zero-order valence-corrected chi connectivity index (χ0v) is 15.0. The van der Waals surface area contributed by atoms with Crippen molar-refractivity contribution in [1.82, 2.24) is 4.98 Å². The summed E-state index contributed by atoms with van der Waals surface area (Å²) in [6, 6.07) is 29.7. The molecule has 0 spiro atoms. The van der Waals surface area contributed by atoms with Gasteiger partial charge in [-0.1, -0.05) is 76.6 Å². The third kappa shape index (κ3) is 2.33. The molecular weight excluding hydrogens is 370 g/mol. The lowest BCUT2D eigenvalue weighted by atomic mass is 9.95. The van der Waals surface area contributed by atoms with Gasteiger partial charge in [-0.05, 0) is 40.6 Å². The fraction of sp³-hybridized carbons (Fsp3) is 0. The molecule has 0 atom stereocenters. The molecule has 0 fully saturated rings. The first-order valence-electron chi connectivity index (χ1n) is 8.27. The summed E-state index contributed by atoms with van der Waals surface area (Å²) in [7, 11) is 0. The van der Waals surface area contributed by atoms with Crippen molar-refractivity contribution in [2.45, 2.75) is 0 Å². The summed E-state index contributed by atoms with van der Waals surface area (Å²) in [5, 5.41) is 4.83. The number of aromatic nitrogens is 1. The number of hydrogen-bond donors (Lipinski definition) is 0. The van der Waals surface area contributed by atoms with Gasteiger partial charge in [0, 0.05) is 20.8 Å². The molecule has 0 aliphatic rings. The van der Waals surface area contributed by atoms with E-state index in [1.807, 2.05) is 6.07 Å². The average molecular weight is 384 g/mol. The smallest absolute Gasteiger partial charge is 0.0715 e. The van der Waals surface area contributed by atoms with Gasteiger partial charge >= 0.3 is 0 Å². The van der Waals surface area contributed by atoms with Crippen LogP contribution in [0.15, 0.2) is 89.4 Å². The van der Waals surface area contributed by atoms with Crippen molar-refractivity contribution in [2.75, 3.05) is 0 Å². The van der Waals surface area contributed by atoms with Crippen molar-refractivity contribution in [3.63, 3.8) is 0 Å². The maximum Gasteiger partial charge on any atom is 0.0715 e. The standard InChI is InChI=1S/C23H14BrN/c24-20-13-12-15-6-1-3-8-17(15)23(20)18-9-5-11-22-19(18)14-16-7-2-4-10-21(16)25-22/h1-14H. The Kier molecular flexibility index (Phi) is 3.32. The second-order valence-electron chi connectivity index (χ2n) is 6.20. The van der Waals surface area contributed by atoms with E-state index in [9.17, 15) is 0 Å². The van der Waals surface area contributed by atoms with Gasteiger partial charge < -0.3 is 0 Å². The summed E-state index contributed by atoms with van der Waals surface area (Å²) in [6.07, 6.45) is 0. The number of pyridine rings is 1. The Morgan fingerprint density at radius 2 is 1.36 bits per heavy atom. The van der Waals surface area contributed by atoms with E-state index in [2.05, 4.69) is 94.8 Å². The normalized spacial score (nSPS) is 11.4. The summed E-state index contributed by atoms with van der Waals surface area (Å²) in [4.78, 5) is 4.86. The SMILES string of the molecule is Brc1ccc2ccccc2c1-c1cccc2nc3ccccc3cc12. The first-order valence-corrected chi connectivity index (χ1v) is 9.07. The number of hydrogen-bond acceptors (Lipinski definition) is 1. The number of benzene rings is 4. The van der Waals surface area contributed by atoms with Crippen molar-refractivity contribution in [3.8, 4) is 11.1 Å². The highest BCUT2D eigenvalue weighted by Gasteiger charge is 2.12. The fourth-order valence-corrected chi connectivity index (χ4v) is 4.09. The highest BCUT2D eigenvalue weighted by molar-refractivity contribution is 9.10. The maximum atomic E-state index is 4.86. The Hall–Kier alpha value is -2.71. The van der Waals surface area contributed by atoms with Crippen molar-refractivity contribution in [2.24, 2.45) is 0 Å². The molecule has 1 heterocycles. The molecule has 5 aromatic rings. The monoisotopic (exact) mass is 383 g/mol. The fourth-order valence-electron chi connectivity index (χ4n) is 3.54. The molecule has 0 radical (unpaired) electrons. The molecule has 0 bridgehead atoms. The number of halogens is 1. The van der Waals surface area contributed by atoms with E-state index in [1.54, 1.807) is 0 Å². The lowest BCUT2D eigenvalue weighted by Gasteiger charge is -2.13. The van der Waals surface area contributed by atoms with Gasteiger partial charge in [-0.15, -0.1) is 0 Å². The molecular formula is C23H14BrN. The molecule has 1 aromatic heterocycles. The van der Waals surface area contributed by atoms with Gasteiger partial charge in [0.1, 0.15) is 0 Å². The van der Waals surface area contributed by atoms with Crippen LogP contribution in [0.1, 0.15) is 0 Å². The van der Waals surface area contributed by atoms with Crippen LogP contribution >= 0.6 is 15.9 Å². The molecule has 118 valence electrons. The van der Waals surface area contributed by atoms with Crippen LogP contribution in [-0.2, 0) is 0 Å². The van der Waals surface area contributed by atoms with Crippen molar-refractivity contribution in [1.29, 1.82) is 0 Å². The van der Waals surface area contributed by atoms with E-state index in [0.29, 0.717) is 0 Å². The van der Waals surface area contributed by atoms with Gasteiger partial charge in [0.15, 0.2) is 0 Å². The first-order chi connectivity index (χ1) is 12.3. The number of para-hydroxylation sites is 1. The Morgan fingerprint density at radius 1 is 0.600 bits per heavy atom. The number of fused-ring (bicyclic) bond motifs is 3. The molecule has 0 unspecified atom stereocenters. The predicted octanol–water partition coefficient (Wildman–Crippen LogP) is 6.97. The highest BCUT2D eigenvalue weighted by Crippen LogP contribution is 2.39. The van der Waals surface area contributed by atoms with Crippen LogP contribution in [0.2, 0.25) is 0 Å². The zero-order chi connectivity index (χ0) is 16.8. The molecule has 0 N–H and O–H groups in total. The minimum atomic E-state index is 1.02. The van der Waals surface area contributed by atoms with Gasteiger partial charge in [-0.3, -0.25) is 0 Å². The Morgan fingerprint density at radius 3 is 2.28 bits per heavy atom. The minimum Gasteiger partial charge on any atom is -0.248 e. The van der Waals surface area contributed by atoms with E-state index in [1.165, 1.54) is 32.7 Å². The molecule has 0 amide bonds. The molecule has 0 aliphatic carbocycles. The zero-order valence-electron chi connectivity index (χ0n) is 13.4. The summed E-state index contributed by atoms with van der Waals surface area (Å²) in [5.41, 5.74) is 4.49. The second-order valence-corrected chi connectivity index (χ2v) is 7.05. The van der Waals surface area contributed by atoms with Crippen LogP contribution in [0.4, 0.5) is 0 Å². The van der Waals surface area contributed by atoms with Crippen LogP contribution in [0.3, 0.4) is 0 Å². The van der Waals surface area contributed by atoms with Crippen LogP contribution in [-0.4, -0.2) is 4.98 Å². The minimum absolute atomic E-state index is 1.02. The van der Waals surface area contributed by atoms with Gasteiger partial charge in [0.05, 0.1) is 11.0 Å². The number of rotatable bonds is 1. The third-order valence-electron chi connectivity index (χ3n) is 4.71. The summed E-state index contributed by atoms with van der Waals surface area (Å²) in [6.45, 7) is 0. The van der Waals surface area contributed by atoms with Gasteiger partial charge in [0.25, 0.3) is 0 Å². The van der Waals surface area contributed by atoms with Gasteiger partial charge in [0.2, 0.25) is 0 Å². The predicted molar refractivity (Wildman–Crippen MR) is 110 cm³/mol. The lowest BCUT2D eigenvalue weighted by Crippen LogP contribution is -1.88. The van der Waals surface area contributed by atoms with Crippen LogP contribution in [0, 0.1) is 0 Å². The molecule has 1 nitrogen and oxygen atoms in total. The third-order valence-corrected chi connectivity index (χ3v) is 5.37.